The van der Waals surface area contributed by atoms with Gasteiger partial charge in [-0.15, -0.1) is 21.5 Å². The molecule has 36 heavy (non-hydrogen) atoms. The van der Waals surface area contributed by atoms with Crippen LogP contribution in [-0.2, 0) is 29.1 Å². The van der Waals surface area contributed by atoms with Crippen molar-refractivity contribution in [3.63, 3.8) is 0 Å². The van der Waals surface area contributed by atoms with Crippen molar-refractivity contribution in [3.8, 4) is 5.00 Å². The molecule has 0 fully saturated rings. The molecule has 0 radical (unpaired) electrons. The Bertz CT molecular complexity index is 1410. The fourth-order valence-electron chi connectivity index (χ4n) is 4.17. The number of hydrogen-bond acceptors (Lipinski definition) is 7. The second kappa shape index (κ2) is 10.7. The molecular weight excluding hydrogens is 494 g/mol. The molecule has 9 heteroatoms. The summed E-state index contributed by atoms with van der Waals surface area (Å²) in [6.45, 7) is 2.72. The first-order chi connectivity index (χ1) is 17.5. The zero-order chi connectivity index (χ0) is 25.1. The van der Waals surface area contributed by atoms with E-state index in [4.69, 9.17) is 27.1 Å². The number of ether oxygens (including phenoxy) is 1. The quantitative estimate of drug-likeness (QED) is 0.314. The van der Waals surface area contributed by atoms with E-state index in [1.807, 2.05) is 59.2 Å². The van der Waals surface area contributed by atoms with Crippen LogP contribution in [0.3, 0.4) is 0 Å². The normalized spacial score (nSPS) is 13.4. The van der Waals surface area contributed by atoms with Crippen molar-refractivity contribution in [2.24, 2.45) is 10.7 Å². The molecule has 1 aliphatic heterocycles. The zero-order valence-corrected chi connectivity index (χ0v) is 21.4. The highest BCUT2D eigenvalue weighted by molar-refractivity contribution is 7.15. The smallest absolute Gasteiger partial charge is 0.306 e. The van der Waals surface area contributed by atoms with Crippen molar-refractivity contribution < 1.29 is 9.53 Å². The summed E-state index contributed by atoms with van der Waals surface area (Å²) in [6.07, 6.45) is 1.47. The number of rotatable bonds is 8. The second-order valence-corrected chi connectivity index (χ2v) is 10.1. The number of nitrogens with zero attached hydrogens (tertiary/aromatic N) is 4. The third kappa shape index (κ3) is 4.97. The number of benzene rings is 2. The van der Waals surface area contributed by atoms with Crippen molar-refractivity contribution in [1.29, 1.82) is 0 Å². The lowest BCUT2D eigenvalue weighted by atomic mass is 10.0. The van der Waals surface area contributed by atoms with Gasteiger partial charge in [-0.2, -0.15) is 0 Å². The molecule has 2 N–H and O–H groups in total. The van der Waals surface area contributed by atoms with Gasteiger partial charge in [0.2, 0.25) is 0 Å². The monoisotopic (exact) mass is 519 g/mol. The highest BCUT2D eigenvalue weighted by Crippen LogP contribution is 2.35. The lowest BCUT2D eigenvalue weighted by molar-refractivity contribution is -0.145. The van der Waals surface area contributed by atoms with Crippen LogP contribution in [0.1, 0.15) is 59.0 Å². The lowest BCUT2D eigenvalue weighted by Gasteiger charge is -2.14. The molecule has 184 valence electrons. The Morgan fingerprint density at radius 1 is 1.14 bits per heavy atom. The molecule has 0 saturated carbocycles. The average Bonchev–Trinajstić information content (AvgIpc) is 3.49. The van der Waals surface area contributed by atoms with Crippen LogP contribution in [-0.4, -0.2) is 26.4 Å². The number of halogens is 1. The van der Waals surface area contributed by atoms with Crippen LogP contribution in [0, 0.1) is 0 Å². The Labute approximate surface area is 218 Å². The third-order valence-electron chi connectivity index (χ3n) is 6.07. The number of hydrogen-bond donors (Lipinski definition) is 1. The molecule has 0 aliphatic carbocycles. The van der Waals surface area contributed by atoms with Crippen LogP contribution >= 0.6 is 22.9 Å². The summed E-state index contributed by atoms with van der Waals surface area (Å²) in [5, 5.41) is 10.4. The van der Waals surface area contributed by atoms with E-state index >= 15 is 0 Å². The number of fused-ring (bicyclic) bond motifs is 3. The number of aliphatic imine (C=N–C) groups is 1. The van der Waals surface area contributed by atoms with Crippen LogP contribution < -0.4 is 5.73 Å². The number of carbonyl (C=O) groups is 1. The molecule has 0 unspecified atom stereocenters. The Kier molecular flexibility index (Phi) is 7.27. The molecule has 0 bridgehead atoms. The molecule has 1 atom stereocenters. The molecule has 2 aromatic heterocycles. The molecule has 2 aromatic carbocycles. The predicted octanol–water partition coefficient (Wildman–Crippen LogP) is 5.42. The van der Waals surface area contributed by atoms with Gasteiger partial charge < -0.3 is 10.5 Å². The highest BCUT2D eigenvalue weighted by Gasteiger charge is 2.28. The van der Waals surface area contributed by atoms with Crippen LogP contribution in [0.2, 0.25) is 5.02 Å². The van der Waals surface area contributed by atoms with Crippen molar-refractivity contribution in [2.75, 3.05) is 0 Å². The van der Waals surface area contributed by atoms with E-state index in [0.717, 1.165) is 33.8 Å². The molecular formula is C27H26ClN5O2S. The number of aryl methyl sites for hydroxylation is 1. The molecule has 0 amide bonds. The fraction of sp³-hybridized carbons (Fsp3) is 0.259. The van der Waals surface area contributed by atoms with Gasteiger partial charge in [0.15, 0.2) is 11.6 Å². The molecule has 0 saturated heterocycles. The van der Waals surface area contributed by atoms with Crippen LogP contribution in [0.15, 0.2) is 65.7 Å². The topological polar surface area (TPSA) is 95.4 Å². The minimum absolute atomic E-state index is 0.190. The van der Waals surface area contributed by atoms with Gasteiger partial charge >= 0.3 is 5.97 Å². The summed E-state index contributed by atoms with van der Waals surface area (Å²) in [6, 6.07) is 19.0. The average molecular weight is 520 g/mol. The van der Waals surface area contributed by atoms with E-state index in [2.05, 4.69) is 23.2 Å². The van der Waals surface area contributed by atoms with E-state index in [1.165, 1.54) is 4.88 Å². The van der Waals surface area contributed by atoms with E-state index in [9.17, 15) is 4.79 Å². The van der Waals surface area contributed by atoms with Gasteiger partial charge in [0, 0.05) is 27.4 Å². The van der Waals surface area contributed by atoms with E-state index in [0.29, 0.717) is 29.6 Å². The first-order valence-electron chi connectivity index (χ1n) is 11.9. The molecule has 5 rings (SSSR count). The first kappa shape index (κ1) is 24.4. The van der Waals surface area contributed by atoms with E-state index in [-0.39, 0.29) is 19.0 Å². The summed E-state index contributed by atoms with van der Waals surface area (Å²) in [4.78, 5) is 18.5. The predicted molar refractivity (Wildman–Crippen MR) is 142 cm³/mol. The van der Waals surface area contributed by atoms with Crippen molar-refractivity contribution >= 4 is 34.6 Å². The van der Waals surface area contributed by atoms with Gasteiger partial charge in [-0.25, -0.2) is 0 Å². The Morgan fingerprint density at radius 3 is 2.69 bits per heavy atom. The number of nitrogens with two attached hydrogens (primary N) is 1. The number of aromatic nitrogens is 3. The van der Waals surface area contributed by atoms with Crippen molar-refractivity contribution in [3.05, 3.63) is 98.9 Å². The molecule has 4 aromatic rings. The van der Waals surface area contributed by atoms with Gasteiger partial charge in [-0.1, -0.05) is 67.1 Å². The first-order valence-corrected chi connectivity index (χ1v) is 13.1. The fourth-order valence-corrected chi connectivity index (χ4v) is 5.52. The second-order valence-electron chi connectivity index (χ2n) is 8.53. The highest BCUT2D eigenvalue weighted by atomic mass is 35.5. The maximum atomic E-state index is 12.4. The molecule has 3 heterocycles. The number of carbonyl (C=O) groups excluding carboxylic acids is 1. The van der Waals surface area contributed by atoms with E-state index in [1.54, 1.807) is 11.3 Å². The van der Waals surface area contributed by atoms with Gasteiger partial charge in [0.25, 0.3) is 0 Å². The SMILES string of the molecule is CCc1cc2c(s1)-n1c(nnc1[C@H](N)CCC(=O)OCc1ccccc1)CN=C2c1ccccc1Cl. The van der Waals surface area contributed by atoms with Crippen LogP contribution in [0.25, 0.3) is 5.00 Å². The minimum atomic E-state index is -0.489. The maximum Gasteiger partial charge on any atom is 0.306 e. The summed E-state index contributed by atoms with van der Waals surface area (Å²) < 4.78 is 7.42. The minimum Gasteiger partial charge on any atom is -0.461 e. The Hall–Kier alpha value is -3.33. The summed E-state index contributed by atoms with van der Waals surface area (Å²) in [5.74, 6) is 1.03. The van der Waals surface area contributed by atoms with Gasteiger partial charge in [-0.05, 0) is 30.5 Å². The van der Waals surface area contributed by atoms with Gasteiger partial charge in [0.05, 0.1) is 11.8 Å². The number of esters is 1. The maximum absolute atomic E-state index is 12.4. The molecule has 0 spiro atoms. The largest absolute Gasteiger partial charge is 0.461 e. The van der Waals surface area contributed by atoms with E-state index < -0.39 is 6.04 Å². The zero-order valence-electron chi connectivity index (χ0n) is 19.9. The van der Waals surface area contributed by atoms with Crippen molar-refractivity contribution in [2.45, 2.75) is 45.4 Å². The molecule has 1 aliphatic rings. The van der Waals surface area contributed by atoms with Gasteiger partial charge in [-0.3, -0.25) is 14.4 Å². The van der Waals surface area contributed by atoms with Gasteiger partial charge in [0.1, 0.15) is 18.2 Å². The summed E-state index contributed by atoms with van der Waals surface area (Å²) >= 11 is 8.22. The Balaban J connectivity index is 1.38. The number of thiophene rings is 1. The molecule has 7 nitrogen and oxygen atoms in total. The lowest BCUT2D eigenvalue weighted by Crippen LogP contribution is -2.19. The standard InChI is InChI=1S/C27H26ClN5O2S/c1-2-18-14-20-25(19-10-6-7-11-21(19)28)30-15-23-31-32-26(33(23)27(20)36-18)22(29)12-13-24(34)35-16-17-8-4-3-5-9-17/h3-11,14,22H,2,12-13,15-16,29H2,1H3/t22-/m1/s1. The third-order valence-corrected chi connectivity index (χ3v) is 7.66. The summed E-state index contributed by atoms with van der Waals surface area (Å²) in [7, 11) is 0. The van der Waals surface area contributed by atoms with Crippen LogP contribution in [0.5, 0.6) is 0 Å². The van der Waals surface area contributed by atoms with Crippen molar-refractivity contribution in [1.82, 2.24) is 14.8 Å². The summed E-state index contributed by atoms with van der Waals surface area (Å²) in [5.41, 5.74) is 10.2. The Morgan fingerprint density at radius 2 is 1.92 bits per heavy atom. The van der Waals surface area contributed by atoms with Crippen LogP contribution in [0.4, 0.5) is 0 Å².